The van der Waals surface area contributed by atoms with Crippen LogP contribution in [0.15, 0.2) is 12.2 Å². The summed E-state index contributed by atoms with van der Waals surface area (Å²) in [6.07, 6.45) is 0.955. The standard InChI is InChI=1S/C14H27NO/c1-10(2)12(16)15-14(7,8)9-13(5,6)11(3)4/h11H,1,9H2,2-8H3,(H,15,16). The maximum absolute atomic E-state index is 11.6. The van der Waals surface area contributed by atoms with E-state index < -0.39 is 0 Å². The zero-order valence-electron chi connectivity index (χ0n) is 11.9. The van der Waals surface area contributed by atoms with Crippen molar-refractivity contribution < 1.29 is 4.79 Å². The lowest BCUT2D eigenvalue weighted by molar-refractivity contribution is -0.119. The second-order valence-corrected chi connectivity index (χ2v) is 6.44. The van der Waals surface area contributed by atoms with Crippen molar-refractivity contribution in [2.45, 2.75) is 60.4 Å². The van der Waals surface area contributed by atoms with E-state index in [1.165, 1.54) is 0 Å². The van der Waals surface area contributed by atoms with Gasteiger partial charge >= 0.3 is 0 Å². The van der Waals surface area contributed by atoms with Crippen LogP contribution in [-0.4, -0.2) is 11.4 Å². The van der Waals surface area contributed by atoms with Crippen LogP contribution in [0.2, 0.25) is 0 Å². The maximum atomic E-state index is 11.6. The van der Waals surface area contributed by atoms with Crippen LogP contribution in [0.1, 0.15) is 54.9 Å². The van der Waals surface area contributed by atoms with Gasteiger partial charge in [0.05, 0.1) is 0 Å². The molecule has 0 aliphatic rings. The predicted molar refractivity (Wildman–Crippen MR) is 70.3 cm³/mol. The lowest BCUT2D eigenvalue weighted by Gasteiger charge is -2.38. The third kappa shape index (κ3) is 4.82. The van der Waals surface area contributed by atoms with Crippen LogP contribution in [0.5, 0.6) is 0 Å². The van der Waals surface area contributed by atoms with Crippen molar-refractivity contribution in [3.8, 4) is 0 Å². The van der Waals surface area contributed by atoms with Gasteiger partial charge in [0.25, 0.3) is 0 Å². The van der Waals surface area contributed by atoms with Crippen LogP contribution < -0.4 is 5.32 Å². The molecule has 0 aromatic carbocycles. The van der Waals surface area contributed by atoms with Crippen LogP contribution >= 0.6 is 0 Å². The Kier molecular flexibility index (Phi) is 4.78. The molecule has 0 spiro atoms. The number of nitrogens with one attached hydrogen (secondary N) is 1. The average molecular weight is 225 g/mol. The van der Waals surface area contributed by atoms with Crippen molar-refractivity contribution in [2.24, 2.45) is 11.3 Å². The summed E-state index contributed by atoms with van der Waals surface area (Å²) < 4.78 is 0. The molecule has 0 saturated heterocycles. The van der Waals surface area contributed by atoms with Gasteiger partial charge in [0, 0.05) is 11.1 Å². The maximum Gasteiger partial charge on any atom is 0.246 e. The highest BCUT2D eigenvalue weighted by Crippen LogP contribution is 2.34. The molecule has 1 N–H and O–H groups in total. The monoisotopic (exact) mass is 225 g/mol. The van der Waals surface area contributed by atoms with Crippen LogP contribution in [-0.2, 0) is 4.79 Å². The van der Waals surface area contributed by atoms with Gasteiger partial charge in [0.1, 0.15) is 0 Å². The Morgan fingerprint density at radius 1 is 1.25 bits per heavy atom. The second kappa shape index (κ2) is 5.03. The Morgan fingerprint density at radius 2 is 1.69 bits per heavy atom. The highest BCUT2D eigenvalue weighted by Gasteiger charge is 2.32. The van der Waals surface area contributed by atoms with Gasteiger partial charge in [-0.3, -0.25) is 4.79 Å². The van der Waals surface area contributed by atoms with Gasteiger partial charge in [-0.25, -0.2) is 0 Å². The molecule has 0 unspecified atom stereocenters. The molecule has 2 nitrogen and oxygen atoms in total. The van der Waals surface area contributed by atoms with E-state index in [0.717, 1.165) is 6.42 Å². The van der Waals surface area contributed by atoms with Crippen molar-refractivity contribution in [2.75, 3.05) is 0 Å². The fraction of sp³-hybridized carbons (Fsp3) is 0.786. The lowest BCUT2D eigenvalue weighted by atomic mass is 9.72. The lowest BCUT2D eigenvalue weighted by Crippen LogP contribution is -2.47. The summed E-state index contributed by atoms with van der Waals surface area (Å²) in [6.45, 7) is 18.5. The molecule has 0 atom stereocenters. The summed E-state index contributed by atoms with van der Waals surface area (Å²) in [5.74, 6) is 0.540. The second-order valence-electron chi connectivity index (χ2n) is 6.44. The molecule has 0 bridgehead atoms. The third-order valence-electron chi connectivity index (χ3n) is 3.30. The number of carbonyl (C=O) groups is 1. The largest absolute Gasteiger partial charge is 0.347 e. The Morgan fingerprint density at radius 3 is 2.00 bits per heavy atom. The van der Waals surface area contributed by atoms with E-state index >= 15 is 0 Å². The van der Waals surface area contributed by atoms with Gasteiger partial charge in [0.2, 0.25) is 5.91 Å². The normalized spacial score (nSPS) is 12.8. The smallest absolute Gasteiger partial charge is 0.246 e. The van der Waals surface area contributed by atoms with E-state index in [9.17, 15) is 4.79 Å². The third-order valence-corrected chi connectivity index (χ3v) is 3.30. The Labute approximate surface area is 101 Å². The summed E-state index contributed by atoms with van der Waals surface area (Å²) >= 11 is 0. The van der Waals surface area contributed by atoms with Crippen molar-refractivity contribution >= 4 is 5.91 Å². The molecule has 2 heteroatoms. The topological polar surface area (TPSA) is 29.1 Å². The van der Waals surface area contributed by atoms with E-state index in [4.69, 9.17) is 0 Å². The van der Waals surface area contributed by atoms with Gasteiger partial charge in [-0.15, -0.1) is 0 Å². The minimum Gasteiger partial charge on any atom is -0.347 e. The molecule has 0 aromatic rings. The van der Waals surface area contributed by atoms with E-state index in [2.05, 4.69) is 53.4 Å². The average Bonchev–Trinajstić information content (AvgIpc) is 1.99. The number of rotatable bonds is 5. The zero-order chi connectivity index (χ0) is 13.1. The molecule has 0 saturated carbocycles. The van der Waals surface area contributed by atoms with Gasteiger partial charge < -0.3 is 5.32 Å². The fourth-order valence-electron chi connectivity index (χ4n) is 1.80. The molecule has 0 radical (unpaired) electrons. The Balaban J connectivity index is 4.58. The summed E-state index contributed by atoms with van der Waals surface area (Å²) in [4.78, 5) is 11.6. The molecule has 16 heavy (non-hydrogen) atoms. The molecule has 0 aliphatic heterocycles. The fourth-order valence-corrected chi connectivity index (χ4v) is 1.80. The number of amides is 1. The van der Waals surface area contributed by atoms with Crippen LogP contribution in [0.3, 0.4) is 0 Å². The molecule has 1 amide bonds. The van der Waals surface area contributed by atoms with Gasteiger partial charge in [-0.1, -0.05) is 34.3 Å². The first-order chi connectivity index (χ1) is 6.98. The first-order valence-electron chi connectivity index (χ1n) is 5.96. The van der Waals surface area contributed by atoms with E-state index in [-0.39, 0.29) is 16.9 Å². The molecule has 0 aromatic heterocycles. The van der Waals surface area contributed by atoms with Crippen LogP contribution in [0.25, 0.3) is 0 Å². The Bertz CT molecular complexity index is 274. The van der Waals surface area contributed by atoms with Crippen LogP contribution in [0, 0.1) is 11.3 Å². The minimum atomic E-state index is -0.191. The van der Waals surface area contributed by atoms with Crippen molar-refractivity contribution in [3.63, 3.8) is 0 Å². The van der Waals surface area contributed by atoms with E-state index in [0.29, 0.717) is 11.5 Å². The van der Waals surface area contributed by atoms with Crippen LogP contribution in [0.4, 0.5) is 0 Å². The summed E-state index contributed by atoms with van der Waals surface area (Å²) in [7, 11) is 0. The summed E-state index contributed by atoms with van der Waals surface area (Å²) in [5.41, 5.74) is 0.589. The van der Waals surface area contributed by atoms with Crippen molar-refractivity contribution in [1.29, 1.82) is 0 Å². The summed E-state index contributed by atoms with van der Waals surface area (Å²) in [6, 6.07) is 0. The minimum absolute atomic E-state index is 0.0513. The molecule has 0 aliphatic carbocycles. The predicted octanol–water partition coefficient (Wildman–Crippen LogP) is 3.53. The number of hydrogen-bond acceptors (Lipinski definition) is 1. The van der Waals surface area contributed by atoms with E-state index in [1.54, 1.807) is 6.92 Å². The zero-order valence-corrected chi connectivity index (χ0v) is 11.9. The molecular formula is C14H27NO. The van der Waals surface area contributed by atoms with Gasteiger partial charge in [0.15, 0.2) is 0 Å². The summed E-state index contributed by atoms with van der Waals surface area (Å²) in [5, 5.41) is 3.03. The van der Waals surface area contributed by atoms with Gasteiger partial charge in [-0.05, 0) is 38.5 Å². The van der Waals surface area contributed by atoms with Gasteiger partial charge in [-0.2, -0.15) is 0 Å². The molecule has 0 fully saturated rings. The van der Waals surface area contributed by atoms with Crippen molar-refractivity contribution in [3.05, 3.63) is 12.2 Å². The molecule has 94 valence electrons. The highest BCUT2D eigenvalue weighted by molar-refractivity contribution is 5.92. The molecular weight excluding hydrogens is 198 g/mol. The van der Waals surface area contributed by atoms with E-state index in [1.807, 2.05) is 0 Å². The molecule has 0 heterocycles. The highest BCUT2D eigenvalue weighted by atomic mass is 16.1. The number of hydrogen-bond donors (Lipinski definition) is 1. The first-order valence-corrected chi connectivity index (χ1v) is 5.96. The Hall–Kier alpha value is -0.790. The quantitative estimate of drug-likeness (QED) is 0.713. The number of carbonyl (C=O) groups excluding carboxylic acids is 1. The SMILES string of the molecule is C=C(C)C(=O)NC(C)(C)CC(C)(C)C(C)C. The molecule has 0 rings (SSSR count). The first kappa shape index (κ1) is 15.2. The van der Waals surface area contributed by atoms with Crippen molar-refractivity contribution in [1.82, 2.24) is 5.32 Å².